The van der Waals surface area contributed by atoms with Crippen LogP contribution in [0.25, 0.3) is 0 Å². The Labute approximate surface area is 62.3 Å². The van der Waals surface area contributed by atoms with Crippen LogP contribution in [0.4, 0.5) is 0 Å². The van der Waals surface area contributed by atoms with Crippen LogP contribution in [0.5, 0.6) is 0 Å². The van der Waals surface area contributed by atoms with Crippen molar-refractivity contribution in [2.75, 3.05) is 13.2 Å². The summed E-state index contributed by atoms with van der Waals surface area (Å²) in [5.41, 5.74) is 0. The fourth-order valence-electron chi connectivity index (χ4n) is 0.267. The van der Waals surface area contributed by atoms with Gasteiger partial charge in [0.25, 0.3) is 0 Å². The van der Waals surface area contributed by atoms with Crippen LogP contribution >= 0.6 is 22.9 Å². The van der Waals surface area contributed by atoms with E-state index in [2.05, 4.69) is 8.27 Å². The Morgan fingerprint density at radius 1 is 1.88 bits per heavy atom. The summed E-state index contributed by atoms with van der Waals surface area (Å²) in [5, 5.41) is 0. The molecule has 0 spiro atoms. The van der Waals surface area contributed by atoms with E-state index in [1.807, 2.05) is 22.9 Å². The molecule has 0 atom stereocenters. The minimum atomic E-state index is -0.207. The molecule has 48 valence electrons. The Hall–Kier alpha value is 0.160. The monoisotopic (exact) mass is 229 g/mol. The molecule has 4 heteroatoms. The lowest BCUT2D eigenvalue weighted by molar-refractivity contribution is -0.141. The number of halogens is 1. The number of ether oxygens (including phenoxy) is 1. The van der Waals surface area contributed by atoms with Crippen molar-refractivity contribution >= 4 is 28.8 Å². The molecule has 0 unspecified atom stereocenters. The topological polar surface area (TPSA) is 38.3 Å². The quantitative estimate of drug-likeness (QED) is 0.434. The molecule has 0 aromatic carbocycles. The number of rotatable bonds is 3. The van der Waals surface area contributed by atoms with Crippen LogP contribution in [0.2, 0.25) is 0 Å². The van der Waals surface area contributed by atoms with E-state index in [4.69, 9.17) is 0 Å². The molecule has 0 aliphatic heterocycles. The average Bonchev–Trinajstić information content (AvgIpc) is 1.68. The van der Waals surface area contributed by atoms with Gasteiger partial charge in [0.1, 0.15) is 6.54 Å². The van der Waals surface area contributed by atoms with Crippen molar-refractivity contribution in [3.63, 3.8) is 0 Å². The molecule has 0 aromatic rings. The maximum Gasteiger partial charge on any atom is 0.320 e. The number of carbonyl (C=O) groups is 1. The van der Waals surface area contributed by atoms with Gasteiger partial charge in [0.05, 0.1) is 6.61 Å². The highest BCUT2D eigenvalue weighted by molar-refractivity contribution is 14.1. The fourth-order valence-corrected chi connectivity index (χ4v) is 0.578. The molecule has 0 saturated heterocycles. The molecule has 0 aromatic heterocycles. The molecule has 0 amide bonds. The second-order valence-corrected chi connectivity index (χ2v) is 1.88. The highest BCUT2D eigenvalue weighted by Crippen LogP contribution is 1.76. The van der Waals surface area contributed by atoms with Gasteiger partial charge in [-0.25, -0.2) is 3.53 Å². The van der Waals surface area contributed by atoms with Gasteiger partial charge in [0.15, 0.2) is 0 Å². The largest absolute Gasteiger partial charge is 0.465 e. The summed E-state index contributed by atoms with van der Waals surface area (Å²) in [7, 11) is 0. The van der Waals surface area contributed by atoms with E-state index in [1.54, 1.807) is 6.92 Å². The van der Waals surface area contributed by atoms with Gasteiger partial charge >= 0.3 is 5.97 Å². The van der Waals surface area contributed by atoms with Crippen LogP contribution in [0.3, 0.4) is 0 Å². The van der Waals surface area contributed by atoms with Gasteiger partial charge in [0.2, 0.25) is 0 Å². The minimum absolute atomic E-state index is 0.207. The van der Waals surface area contributed by atoms with Crippen LogP contribution in [0.15, 0.2) is 0 Å². The van der Waals surface area contributed by atoms with E-state index < -0.39 is 0 Å². The standard InChI is InChI=1S/C4H8INO2/c1-2-8-4(7)3-6-5/h6H,2-3H2,1H3. The zero-order valence-corrected chi connectivity index (χ0v) is 6.77. The van der Waals surface area contributed by atoms with E-state index in [0.29, 0.717) is 6.61 Å². The van der Waals surface area contributed by atoms with Crippen LogP contribution in [0, 0.1) is 0 Å². The Bertz CT molecular complexity index is 68.4. The zero-order valence-electron chi connectivity index (χ0n) is 4.61. The zero-order chi connectivity index (χ0) is 6.41. The average molecular weight is 229 g/mol. The van der Waals surface area contributed by atoms with E-state index >= 15 is 0 Å². The first-order valence-electron chi connectivity index (χ1n) is 2.30. The summed E-state index contributed by atoms with van der Waals surface area (Å²) in [5.74, 6) is -0.207. The molecule has 0 saturated carbocycles. The van der Waals surface area contributed by atoms with Crippen LogP contribution < -0.4 is 3.53 Å². The maximum atomic E-state index is 10.4. The molecule has 0 aliphatic rings. The first-order chi connectivity index (χ1) is 3.81. The molecule has 0 bridgehead atoms. The summed E-state index contributed by atoms with van der Waals surface area (Å²) in [6.45, 7) is 2.52. The number of hydrogen-bond acceptors (Lipinski definition) is 3. The Morgan fingerprint density at radius 2 is 2.50 bits per heavy atom. The molecule has 0 rings (SSSR count). The van der Waals surface area contributed by atoms with Gasteiger partial charge < -0.3 is 4.74 Å². The minimum Gasteiger partial charge on any atom is -0.465 e. The Morgan fingerprint density at radius 3 is 2.88 bits per heavy atom. The van der Waals surface area contributed by atoms with Gasteiger partial charge in [-0.2, -0.15) is 0 Å². The predicted octanol–water partition coefficient (Wildman–Crippen LogP) is 0.489. The molecule has 3 nitrogen and oxygen atoms in total. The predicted molar refractivity (Wildman–Crippen MR) is 38.7 cm³/mol. The van der Waals surface area contributed by atoms with E-state index in [-0.39, 0.29) is 12.5 Å². The SMILES string of the molecule is CCOC(=O)CNI. The molecule has 8 heavy (non-hydrogen) atoms. The highest BCUT2D eigenvalue weighted by atomic mass is 127. The van der Waals surface area contributed by atoms with Crippen molar-refractivity contribution in [2.24, 2.45) is 0 Å². The molecule has 0 radical (unpaired) electrons. The number of esters is 1. The Balaban J connectivity index is 3.06. The number of carbonyl (C=O) groups excluding carboxylic acids is 1. The second-order valence-electron chi connectivity index (χ2n) is 1.12. The third kappa shape index (κ3) is 4.32. The van der Waals surface area contributed by atoms with E-state index in [1.165, 1.54) is 0 Å². The van der Waals surface area contributed by atoms with E-state index in [9.17, 15) is 4.79 Å². The van der Waals surface area contributed by atoms with Crippen molar-refractivity contribution in [3.05, 3.63) is 0 Å². The summed E-state index contributed by atoms with van der Waals surface area (Å²) in [6, 6.07) is 0. The van der Waals surface area contributed by atoms with Gasteiger partial charge in [-0.1, -0.05) is 0 Å². The molecular formula is C4H8INO2. The second kappa shape index (κ2) is 5.30. The van der Waals surface area contributed by atoms with Crippen molar-refractivity contribution in [1.82, 2.24) is 3.53 Å². The lowest BCUT2D eigenvalue weighted by Gasteiger charge is -1.96. The van der Waals surface area contributed by atoms with Crippen molar-refractivity contribution in [2.45, 2.75) is 6.92 Å². The van der Waals surface area contributed by atoms with Crippen LogP contribution in [-0.2, 0) is 9.53 Å². The van der Waals surface area contributed by atoms with Gasteiger partial charge in [0, 0.05) is 22.9 Å². The third-order valence-corrected chi connectivity index (χ3v) is 0.898. The highest BCUT2D eigenvalue weighted by Gasteiger charge is 1.95. The summed E-state index contributed by atoms with van der Waals surface area (Å²) in [4.78, 5) is 10.4. The van der Waals surface area contributed by atoms with Gasteiger partial charge in [-0.3, -0.25) is 4.79 Å². The summed E-state index contributed by atoms with van der Waals surface area (Å²) in [6.07, 6.45) is 0. The van der Waals surface area contributed by atoms with Crippen molar-refractivity contribution < 1.29 is 9.53 Å². The summed E-state index contributed by atoms with van der Waals surface area (Å²) < 4.78 is 7.22. The number of nitrogens with one attached hydrogen (secondary N) is 1. The molecule has 0 aliphatic carbocycles. The fraction of sp³-hybridized carbons (Fsp3) is 0.750. The first-order valence-corrected chi connectivity index (χ1v) is 3.38. The third-order valence-electron chi connectivity index (χ3n) is 0.516. The number of hydrogen-bond donors (Lipinski definition) is 1. The normalized spacial score (nSPS) is 8.75. The van der Waals surface area contributed by atoms with Crippen molar-refractivity contribution in [1.29, 1.82) is 0 Å². The lowest BCUT2D eigenvalue weighted by atomic mass is 10.7. The van der Waals surface area contributed by atoms with Crippen LogP contribution in [0.1, 0.15) is 6.92 Å². The van der Waals surface area contributed by atoms with Gasteiger partial charge in [-0.05, 0) is 6.92 Å². The van der Waals surface area contributed by atoms with E-state index in [0.717, 1.165) is 0 Å². The molecular weight excluding hydrogens is 221 g/mol. The maximum absolute atomic E-state index is 10.4. The summed E-state index contributed by atoms with van der Waals surface area (Å²) >= 11 is 1.89. The molecule has 0 fully saturated rings. The van der Waals surface area contributed by atoms with Gasteiger partial charge in [-0.15, -0.1) is 0 Å². The van der Waals surface area contributed by atoms with Crippen molar-refractivity contribution in [3.8, 4) is 0 Å². The smallest absolute Gasteiger partial charge is 0.320 e. The first kappa shape index (κ1) is 8.16. The molecule has 1 N–H and O–H groups in total. The van der Waals surface area contributed by atoms with Crippen LogP contribution in [-0.4, -0.2) is 19.1 Å². The Kier molecular flexibility index (Phi) is 5.41. The lowest BCUT2D eigenvalue weighted by Crippen LogP contribution is -2.16. The molecule has 0 heterocycles.